The lowest BCUT2D eigenvalue weighted by atomic mass is 10.3. The predicted octanol–water partition coefficient (Wildman–Crippen LogP) is 0.519. The third kappa shape index (κ3) is 7.17. The summed E-state index contributed by atoms with van der Waals surface area (Å²) < 4.78 is 0. The molecule has 0 saturated carbocycles. The lowest BCUT2D eigenvalue weighted by molar-refractivity contribution is 0.198. The Labute approximate surface area is 61.4 Å². The number of hydrogen-bond acceptors (Lipinski definition) is 3. The normalized spacial score (nSPS) is 14.7. The summed E-state index contributed by atoms with van der Waals surface area (Å²) in [5, 5.41) is 12.5. The van der Waals surface area contributed by atoms with E-state index in [4.69, 9.17) is 5.11 Å². The van der Waals surface area contributed by atoms with E-state index in [1.54, 1.807) is 26.3 Å². The Bertz CT molecular complexity index is 119. The topological polar surface area (TPSA) is 44.6 Å². The molecular weight excluding hydrogens is 128 g/mol. The van der Waals surface area contributed by atoms with Crippen LogP contribution in [0, 0.1) is 0 Å². The summed E-state index contributed by atoms with van der Waals surface area (Å²) in [6.07, 6.45) is 5.71. The first-order valence-electron chi connectivity index (χ1n) is 3.30. The molecule has 0 saturated heterocycles. The van der Waals surface area contributed by atoms with E-state index in [9.17, 15) is 0 Å². The first kappa shape index (κ1) is 9.17. The minimum atomic E-state index is -0.265. The summed E-state index contributed by atoms with van der Waals surface area (Å²) >= 11 is 0. The number of hydrazone groups is 1. The number of aliphatic hydroxyl groups excluding tert-OH is 1. The van der Waals surface area contributed by atoms with Gasteiger partial charge in [0.1, 0.15) is 0 Å². The second-order valence-corrected chi connectivity index (χ2v) is 2.01. The van der Waals surface area contributed by atoms with E-state index in [0.717, 1.165) is 0 Å². The SMILES string of the molecule is CN/N=C\C=C/CC(C)O. The zero-order valence-corrected chi connectivity index (χ0v) is 6.41. The Kier molecular flexibility index (Phi) is 5.77. The molecule has 0 fully saturated rings. The van der Waals surface area contributed by atoms with Crippen LogP contribution in [0.2, 0.25) is 0 Å². The molecule has 0 bridgehead atoms. The number of nitrogens with zero attached hydrogens (tertiary/aromatic N) is 1. The number of allylic oxidation sites excluding steroid dienone is 1. The van der Waals surface area contributed by atoms with Gasteiger partial charge < -0.3 is 10.5 Å². The van der Waals surface area contributed by atoms with Crippen LogP contribution in [-0.4, -0.2) is 24.5 Å². The quantitative estimate of drug-likeness (QED) is 0.444. The van der Waals surface area contributed by atoms with E-state index >= 15 is 0 Å². The van der Waals surface area contributed by atoms with E-state index in [1.807, 2.05) is 6.08 Å². The highest BCUT2D eigenvalue weighted by atomic mass is 16.3. The average Bonchev–Trinajstić information content (AvgIpc) is 1.87. The number of hydrogen-bond donors (Lipinski definition) is 2. The van der Waals surface area contributed by atoms with Gasteiger partial charge in [-0.15, -0.1) is 0 Å². The van der Waals surface area contributed by atoms with Crippen molar-refractivity contribution in [2.75, 3.05) is 7.05 Å². The first-order chi connectivity index (χ1) is 4.77. The van der Waals surface area contributed by atoms with Crippen molar-refractivity contribution < 1.29 is 5.11 Å². The minimum absolute atomic E-state index is 0.265. The third-order valence-corrected chi connectivity index (χ3v) is 0.903. The summed E-state index contributed by atoms with van der Waals surface area (Å²) in [5.41, 5.74) is 2.61. The van der Waals surface area contributed by atoms with E-state index in [0.29, 0.717) is 6.42 Å². The maximum Gasteiger partial charge on any atom is 0.0546 e. The summed E-state index contributed by atoms with van der Waals surface area (Å²) in [4.78, 5) is 0. The van der Waals surface area contributed by atoms with Crippen LogP contribution in [0.1, 0.15) is 13.3 Å². The van der Waals surface area contributed by atoms with Crippen molar-refractivity contribution in [1.82, 2.24) is 5.43 Å². The lowest BCUT2D eigenvalue weighted by Crippen LogP contribution is -1.95. The van der Waals surface area contributed by atoms with Crippen LogP contribution in [0.4, 0.5) is 0 Å². The Hall–Kier alpha value is -0.830. The number of rotatable bonds is 4. The molecule has 0 aromatic carbocycles. The number of nitrogens with one attached hydrogen (secondary N) is 1. The molecule has 1 atom stereocenters. The standard InChI is InChI=1S/C7H14N2O/c1-7(10)5-3-4-6-9-8-2/h3-4,6-8,10H,5H2,1-2H3/b4-3-,9-6-. The zero-order valence-electron chi connectivity index (χ0n) is 6.41. The Morgan fingerprint density at radius 2 is 2.40 bits per heavy atom. The van der Waals surface area contributed by atoms with Crippen molar-refractivity contribution >= 4 is 6.21 Å². The molecule has 3 nitrogen and oxygen atoms in total. The highest BCUT2D eigenvalue weighted by Crippen LogP contribution is 1.88. The molecule has 58 valence electrons. The van der Waals surface area contributed by atoms with Gasteiger partial charge in [0.05, 0.1) is 6.10 Å². The Morgan fingerprint density at radius 3 is 2.90 bits per heavy atom. The van der Waals surface area contributed by atoms with Gasteiger partial charge in [-0.05, 0) is 19.4 Å². The van der Waals surface area contributed by atoms with Gasteiger partial charge in [0.25, 0.3) is 0 Å². The van der Waals surface area contributed by atoms with Crippen LogP contribution >= 0.6 is 0 Å². The smallest absolute Gasteiger partial charge is 0.0546 e. The van der Waals surface area contributed by atoms with Gasteiger partial charge in [-0.2, -0.15) is 5.10 Å². The Morgan fingerprint density at radius 1 is 1.70 bits per heavy atom. The highest BCUT2D eigenvalue weighted by molar-refractivity contribution is 5.70. The second kappa shape index (κ2) is 6.29. The average molecular weight is 142 g/mol. The van der Waals surface area contributed by atoms with Crippen LogP contribution in [0.25, 0.3) is 0 Å². The van der Waals surface area contributed by atoms with E-state index < -0.39 is 0 Å². The lowest BCUT2D eigenvalue weighted by Gasteiger charge is -1.93. The van der Waals surface area contributed by atoms with Gasteiger partial charge in [0.2, 0.25) is 0 Å². The van der Waals surface area contributed by atoms with Gasteiger partial charge in [0.15, 0.2) is 0 Å². The molecule has 0 aromatic heterocycles. The van der Waals surface area contributed by atoms with Crippen LogP contribution in [0.3, 0.4) is 0 Å². The molecule has 0 radical (unpaired) electrons. The highest BCUT2D eigenvalue weighted by Gasteiger charge is 1.86. The van der Waals surface area contributed by atoms with Crippen LogP contribution < -0.4 is 5.43 Å². The second-order valence-electron chi connectivity index (χ2n) is 2.01. The summed E-state index contributed by atoms with van der Waals surface area (Å²) in [6, 6.07) is 0. The van der Waals surface area contributed by atoms with Crippen LogP contribution in [-0.2, 0) is 0 Å². The van der Waals surface area contributed by atoms with E-state index in [2.05, 4.69) is 10.5 Å². The van der Waals surface area contributed by atoms with Gasteiger partial charge in [0, 0.05) is 13.3 Å². The minimum Gasteiger partial charge on any atom is -0.393 e. The van der Waals surface area contributed by atoms with Gasteiger partial charge in [-0.1, -0.05) is 6.08 Å². The molecule has 3 heteroatoms. The van der Waals surface area contributed by atoms with Crippen LogP contribution in [0.15, 0.2) is 17.3 Å². The van der Waals surface area contributed by atoms with E-state index in [-0.39, 0.29) is 6.10 Å². The fourth-order valence-electron chi connectivity index (χ4n) is 0.454. The molecule has 0 spiro atoms. The molecule has 0 rings (SSSR count). The molecule has 1 unspecified atom stereocenters. The molecule has 0 heterocycles. The Balaban J connectivity index is 3.28. The van der Waals surface area contributed by atoms with Crippen molar-refractivity contribution in [3.63, 3.8) is 0 Å². The summed E-state index contributed by atoms with van der Waals surface area (Å²) in [6.45, 7) is 1.75. The van der Waals surface area contributed by atoms with Crippen molar-refractivity contribution in [3.05, 3.63) is 12.2 Å². The molecule has 0 aliphatic carbocycles. The molecule has 2 N–H and O–H groups in total. The molecule has 0 aliphatic heterocycles. The first-order valence-corrected chi connectivity index (χ1v) is 3.30. The summed E-state index contributed by atoms with van der Waals surface area (Å²) in [7, 11) is 1.74. The molecular formula is C7H14N2O. The molecule has 0 amide bonds. The van der Waals surface area contributed by atoms with Crippen molar-refractivity contribution in [2.45, 2.75) is 19.4 Å². The molecule has 0 aromatic rings. The number of aliphatic hydroxyl groups is 1. The van der Waals surface area contributed by atoms with Gasteiger partial charge in [-0.3, -0.25) is 0 Å². The largest absolute Gasteiger partial charge is 0.393 e. The molecule has 10 heavy (non-hydrogen) atoms. The predicted molar refractivity (Wildman–Crippen MR) is 43.0 cm³/mol. The third-order valence-electron chi connectivity index (χ3n) is 0.903. The van der Waals surface area contributed by atoms with Gasteiger partial charge in [-0.25, -0.2) is 0 Å². The van der Waals surface area contributed by atoms with Crippen molar-refractivity contribution in [2.24, 2.45) is 5.10 Å². The van der Waals surface area contributed by atoms with Crippen molar-refractivity contribution in [1.29, 1.82) is 0 Å². The maximum absolute atomic E-state index is 8.80. The maximum atomic E-state index is 8.80. The van der Waals surface area contributed by atoms with E-state index in [1.165, 1.54) is 0 Å². The fourth-order valence-corrected chi connectivity index (χ4v) is 0.454. The zero-order chi connectivity index (χ0) is 7.82. The van der Waals surface area contributed by atoms with Crippen LogP contribution in [0.5, 0.6) is 0 Å². The van der Waals surface area contributed by atoms with Crippen molar-refractivity contribution in [3.8, 4) is 0 Å². The summed E-state index contributed by atoms with van der Waals surface area (Å²) in [5.74, 6) is 0. The fraction of sp³-hybridized carbons (Fsp3) is 0.571. The molecule has 0 aliphatic rings. The monoisotopic (exact) mass is 142 g/mol. The van der Waals surface area contributed by atoms with Gasteiger partial charge >= 0.3 is 0 Å².